The monoisotopic (exact) mass is 314 g/mol. The van der Waals surface area contributed by atoms with Crippen molar-refractivity contribution in [1.82, 2.24) is 10.2 Å². The summed E-state index contributed by atoms with van der Waals surface area (Å²) in [4.78, 5) is 2.53. The first-order chi connectivity index (χ1) is 10.7. The van der Waals surface area contributed by atoms with Crippen molar-refractivity contribution in [2.45, 2.75) is 25.4 Å². The Hall–Kier alpha value is -1.35. The smallest absolute Gasteiger partial charge is 0.0435 e. The van der Waals surface area contributed by atoms with Gasteiger partial charge in [0, 0.05) is 36.6 Å². The molecule has 2 aromatic carbocycles. The van der Waals surface area contributed by atoms with Crippen molar-refractivity contribution in [3.63, 3.8) is 0 Å². The van der Waals surface area contributed by atoms with E-state index in [0.29, 0.717) is 12.0 Å². The highest BCUT2D eigenvalue weighted by atomic mass is 35.5. The third kappa shape index (κ3) is 3.35. The molecule has 0 amide bonds. The molecule has 0 spiro atoms. The lowest BCUT2D eigenvalue weighted by Crippen LogP contribution is -2.32. The molecule has 0 bridgehead atoms. The minimum atomic E-state index is 0.490. The van der Waals surface area contributed by atoms with Crippen LogP contribution in [-0.4, -0.2) is 31.1 Å². The molecule has 3 heteroatoms. The zero-order chi connectivity index (χ0) is 15.5. The third-order valence-electron chi connectivity index (χ3n) is 4.63. The van der Waals surface area contributed by atoms with Crippen LogP contribution in [0.5, 0.6) is 0 Å². The summed E-state index contributed by atoms with van der Waals surface area (Å²) in [5.41, 5.74) is 3.93. The Morgan fingerprint density at radius 1 is 1.14 bits per heavy atom. The maximum Gasteiger partial charge on any atom is 0.0435 e. The molecular formula is C19H23ClN2. The van der Waals surface area contributed by atoms with Crippen LogP contribution in [-0.2, 0) is 6.54 Å². The van der Waals surface area contributed by atoms with Gasteiger partial charge in [0.1, 0.15) is 0 Å². The molecule has 2 atom stereocenters. The zero-order valence-corrected chi connectivity index (χ0v) is 14.0. The molecule has 3 rings (SSSR count). The Balaban J connectivity index is 1.75. The number of halogens is 1. The summed E-state index contributed by atoms with van der Waals surface area (Å²) in [7, 11) is 2.06. The zero-order valence-electron chi connectivity index (χ0n) is 13.2. The van der Waals surface area contributed by atoms with E-state index in [4.69, 9.17) is 11.6 Å². The van der Waals surface area contributed by atoms with E-state index < -0.39 is 0 Å². The van der Waals surface area contributed by atoms with Gasteiger partial charge < -0.3 is 5.32 Å². The molecule has 0 aromatic heterocycles. The molecule has 1 saturated heterocycles. The van der Waals surface area contributed by atoms with Crippen LogP contribution in [0, 0.1) is 6.92 Å². The van der Waals surface area contributed by atoms with Crippen LogP contribution in [0.1, 0.15) is 22.6 Å². The van der Waals surface area contributed by atoms with Crippen molar-refractivity contribution >= 4 is 11.6 Å². The number of benzene rings is 2. The molecule has 1 heterocycles. The van der Waals surface area contributed by atoms with Crippen LogP contribution in [0.25, 0.3) is 0 Å². The van der Waals surface area contributed by atoms with Gasteiger partial charge in [0.2, 0.25) is 0 Å². The van der Waals surface area contributed by atoms with Crippen molar-refractivity contribution in [3.8, 4) is 0 Å². The van der Waals surface area contributed by atoms with E-state index >= 15 is 0 Å². The first-order valence-electron chi connectivity index (χ1n) is 7.87. The molecule has 0 saturated carbocycles. The summed E-state index contributed by atoms with van der Waals surface area (Å²) in [6.45, 7) is 5.26. The third-order valence-corrected chi connectivity index (χ3v) is 5.05. The maximum atomic E-state index is 6.17. The quantitative estimate of drug-likeness (QED) is 0.922. The number of nitrogens with one attached hydrogen (secondary N) is 1. The Morgan fingerprint density at radius 2 is 1.91 bits per heavy atom. The highest BCUT2D eigenvalue weighted by Crippen LogP contribution is 2.30. The van der Waals surface area contributed by atoms with Gasteiger partial charge in [-0.1, -0.05) is 54.1 Å². The second kappa shape index (κ2) is 6.82. The van der Waals surface area contributed by atoms with Crippen molar-refractivity contribution in [1.29, 1.82) is 0 Å². The summed E-state index contributed by atoms with van der Waals surface area (Å²) in [5.74, 6) is 0.518. The standard InChI is InChI=1S/C19H23ClN2/c1-14-10-16(8-9-18(14)20)17-12-22(13-19(17)21-2)11-15-6-4-3-5-7-15/h3-10,17,19,21H,11-13H2,1-2H3/t17-,19+/m1/s1. The molecule has 1 N–H and O–H groups in total. The predicted molar refractivity (Wildman–Crippen MR) is 93.5 cm³/mol. The SMILES string of the molecule is CN[C@H]1CN(Cc2ccccc2)C[C@@H]1c1ccc(Cl)c(C)c1. The Bertz CT molecular complexity index is 627. The predicted octanol–water partition coefficient (Wildman–Crippen LogP) is 3.84. The molecular weight excluding hydrogens is 292 g/mol. The largest absolute Gasteiger partial charge is 0.315 e. The minimum Gasteiger partial charge on any atom is -0.315 e. The lowest BCUT2D eigenvalue weighted by Gasteiger charge is -2.18. The first-order valence-corrected chi connectivity index (χ1v) is 8.25. The van der Waals surface area contributed by atoms with Gasteiger partial charge in [0.25, 0.3) is 0 Å². The molecule has 1 aliphatic rings. The molecule has 2 nitrogen and oxygen atoms in total. The number of likely N-dealkylation sites (tertiary alicyclic amines) is 1. The molecule has 1 fully saturated rings. The van der Waals surface area contributed by atoms with Gasteiger partial charge in [0.15, 0.2) is 0 Å². The normalized spacial score (nSPS) is 22.1. The summed E-state index contributed by atoms with van der Waals surface area (Å²) < 4.78 is 0. The Labute approximate surface area is 138 Å². The topological polar surface area (TPSA) is 15.3 Å². The number of aryl methyl sites for hydroxylation is 1. The lowest BCUT2D eigenvalue weighted by atomic mass is 9.93. The van der Waals surface area contributed by atoms with Crippen LogP contribution < -0.4 is 5.32 Å². The number of hydrogen-bond acceptors (Lipinski definition) is 2. The van der Waals surface area contributed by atoms with Crippen LogP contribution in [0.3, 0.4) is 0 Å². The molecule has 22 heavy (non-hydrogen) atoms. The van der Waals surface area contributed by atoms with Gasteiger partial charge in [-0.05, 0) is 36.7 Å². The van der Waals surface area contributed by atoms with Crippen LogP contribution in [0.2, 0.25) is 5.02 Å². The summed E-state index contributed by atoms with van der Waals surface area (Å²) in [5, 5.41) is 4.34. The van der Waals surface area contributed by atoms with Gasteiger partial charge in [-0.3, -0.25) is 4.90 Å². The van der Waals surface area contributed by atoms with Gasteiger partial charge >= 0.3 is 0 Å². The van der Waals surface area contributed by atoms with E-state index in [1.807, 2.05) is 6.07 Å². The van der Waals surface area contributed by atoms with Crippen molar-refractivity contribution < 1.29 is 0 Å². The van der Waals surface area contributed by atoms with Crippen molar-refractivity contribution in [2.75, 3.05) is 20.1 Å². The average molecular weight is 315 g/mol. The van der Waals surface area contributed by atoms with E-state index in [1.165, 1.54) is 11.1 Å². The Kier molecular flexibility index (Phi) is 4.82. The Morgan fingerprint density at radius 3 is 2.59 bits per heavy atom. The first kappa shape index (κ1) is 15.5. The summed E-state index contributed by atoms with van der Waals surface area (Å²) in [6, 6.07) is 17.6. The number of nitrogens with zero attached hydrogens (tertiary/aromatic N) is 1. The van der Waals surface area contributed by atoms with Gasteiger partial charge in [-0.2, -0.15) is 0 Å². The molecule has 2 aromatic rings. The van der Waals surface area contributed by atoms with Crippen LogP contribution >= 0.6 is 11.6 Å². The fourth-order valence-corrected chi connectivity index (χ4v) is 3.50. The van der Waals surface area contributed by atoms with E-state index in [-0.39, 0.29) is 0 Å². The summed E-state index contributed by atoms with van der Waals surface area (Å²) >= 11 is 6.17. The average Bonchev–Trinajstić information content (AvgIpc) is 2.94. The van der Waals surface area contributed by atoms with Gasteiger partial charge in [-0.15, -0.1) is 0 Å². The highest BCUT2D eigenvalue weighted by Gasteiger charge is 2.32. The van der Waals surface area contributed by atoms with E-state index in [1.54, 1.807) is 0 Å². The second-order valence-electron chi connectivity index (χ2n) is 6.19. The fraction of sp³-hybridized carbons (Fsp3) is 0.368. The molecule has 0 aliphatic carbocycles. The number of likely N-dealkylation sites (N-methyl/N-ethyl adjacent to an activating group) is 1. The van der Waals surface area contributed by atoms with E-state index in [9.17, 15) is 0 Å². The molecule has 1 aliphatic heterocycles. The van der Waals surface area contributed by atoms with Gasteiger partial charge in [0.05, 0.1) is 0 Å². The van der Waals surface area contributed by atoms with E-state index in [2.05, 4.69) is 66.7 Å². The maximum absolute atomic E-state index is 6.17. The molecule has 0 radical (unpaired) electrons. The summed E-state index contributed by atoms with van der Waals surface area (Å²) in [6.07, 6.45) is 0. The highest BCUT2D eigenvalue weighted by molar-refractivity contribution is 6.31. The lowest BCUT2D eigenvalue weighted by molar-refractivity contribution is 0.320. The van der Waals surface area contributed by atoms with Crippen molar-refractivity contribution in [3.05, 3.63) is 70.2 Å². The van der Waals surface area contributed by atoms with Crippen LogP contribution in [0.4, 0.5) is 0 Å². The molecule has 0 unspecified atom stereocenters. The minimum absolute atomic E-state index is 0.490. The van der Waals surface area contributed by atoms with Crippen molar-refractivity contribution in [2.24, 2.45) is 0 Å². The fourth-order valence-electron chi connectivity index (χ4n) is 3.38. The molecule has 116 valence electrons. The number of rotatable bonds is 4. The van der Waals surface area contributed by atoms with E-state index in [0.717, 1.165) is 30.2 Å². The van der Waals surface area contributed by atoms with Crippen LogP contribution in [0.15, 0.2) is 48.5 Å². The van der Waals surface area contributed by atoms with Gasteiger partial charge in [-0.25, -0.2) is 0 Å². The number of hydrogen-bond donors (Lipinski definition) is 1. The second-order valence-corrected chi connectivity index (χ2v) is 6.60.